The number of hydrogen-bond acceptors (Lipinski definition) is 2. The van der Waals surface area contributed by atoms with Crippen molar-refractivity contribution in [3.05, 3.63) is 29.3 Å². The van der Waals surface area contributed by atoms with Gasteiger partial charge in [-0.05, 0) is 18.6 Å². The van der Waals surface area contributed by atoms with Crippen LogP contribution in [0.3, 0.4) is 0 Å². The van der Waals surface area contributed by atoms with E-state index in [-0.39, 0.29) is 0 Å². The molecule has 2 nitrogen and oxygen atoms in total. The Morgan fingerprint density at radius 1 is 1.29 bits per heavy atom. The molecule has 5 heteroatoms. The molecule has 2 N–H and O–H groups in total. The molecule has 0 aliphatic rings. The van der Waals surface area contributed by atoms with Gasteiger partial charge in [0.05, 0.1) is 0 Å². The zero-order chi connectivity index (χ0) is 10.9. The predicted octanol–water partition coefficient (Wildman–Crippen LogP) is 2.30. The Kier molecular flexibility index (Phi) is 2.71. The van der Waals surface area contributed by atoms with E-state index < -0.39 is 23.6 Å². The number of phenolic OH excluding ortho intramolecular Hbond substituents is 1. The fourth-order valence-corrected chi connectivity index (χ4v) is 1.06. The van der Waals surface area contributed by atoms with Crippen LogP contribution in [0.1, 0.15) is 17.2 Å². The summed E-state index contributed by atoms with van der Waals surface area (Å²) >= 11 is 0. The van der Waals surface area contributed by atoms with Gasteiger partial charge in [-0.1, -0.05) is 12.1 Å². The number of phenols is 1. The zero-order valence-corrected chi connectivity index (χ0v) is 7.34. The van der Waals surface area contributed by atoms with E-state index in [1.165, 1.54) is 12.1 Å². The van der Waals surface area contributed by atoms with E-state index >= 15 is 0 Å². The Bertz CT molecular complexity index is 333. The van der Waals surface area contributed by atoms with E-state index in [2.05, 4.69) is 0 Å². The lowest BCUT2D eigenvalue weighted by Crippen LogP contribution is -2.20. The van der Waals surface area contributed by atoms with Crippen LogP contribution >= 0.6 is 0 Å². The Balaban J connectivity index is 3.08. The highest BCUT2D eigenvalue weighted by atomic mass is 19.4. The van der Waals surface area contributed by atoms with Crippen molar-refractivity contribution in [2.24, 2.45) is 0 Å². The molecule has 0 spiro atoms. The van der Waals surface area contributed by atoms with Crippen molar-refractivity contribution in [2.45, 2.75) is 19.2 Å². The molecule has 1 aromatic rings. The second-order valence-electron chi connectivity index (χ2n) is 3.01. The van der Waals surface area contributed by atoms with Crippen LogP contribution in [0, 0.1) is 6.92 Å². The van der Waals surface area contributed by atoms with Crippen LogP contribution in [-0.2, 0) is 0 Å². The molecule has 0 aliphatic carbocycles. The smallest absolute Gasteiger partial charge is 0.418 e. The molecule has 0 fully saturated rings. The van der Waals surface area contributed by atoms with Crippen molar-refractivity contribution in [2.75, 3.05) is 0 Å². The predicted molar refractivity (Wildman–Crippen MR) is 43.9 cm³/mol. The largest absolute Gasteiger partial charge is 0.508 e. The Hall–Kier alpha value is -1.23. The van der Waals surface area contributed by atoms with Crippen LogP contribution < -0.4 is 0 Å². The zero-order valence-electron chi connectivity index (χ0n) is 7.34. The molecule has 0 heterocycles. The van der Waals surface area contributed by atoms with Crippen molar-refractivity contribution in [3.63, 3.8) is 0 Å². The van der Waals surface area contributed by atoms with Crippen LogP contribution in [0.4, 0.5) is 13.2 Å². The lowest BCUT2D eigenvalue weighted by molar-refractivity contribution is -0.207. The fourth-order valence-electron chi connectivity index (χ4n) is 1.06. The maximum Gasteiger partial charge on any atom is 0.418 e. The molecule has 0 radical (unpaired) electrons. The van der Waals surface area contributed by atoms with Crippen molar-refractivity contribution in [1.82, 2.24) is 0 Å². The highest BCUT2D eigenvalue weighted by Gasteiger charge is 2.40. The summed E-state index contributed by atoms with van der Waals surface area (Å²) in [6, 6.07) is 3.62. The van der Waals surface area contributed by atoms with Gasteiger partial charge < -0.3 is 10.2 Å². The fraction of sp³-hybridized carbons (Fsp3) is 0.333. The summed E-state index contributed by atoms with van der Waals surface area (Å²) in [4.78, 5) is 0. The lowest BCUT2D eigenvalue weighted by atomic mass is 10.1. The van der Waals surface area contributed by atoms with E-state index in [1.54, 1.807) is 6.92 Å². The molecule has 0 bridgehead atoms. The molecule has 14 heavy (non-hydrogen) atoms. The molecule has 0 saturated heterocycles. The van der Waals surface area contributed by atoms with Gasteiger partial charge in [-0.2, -0.15) is 13.2 Å². The first-order valence-electron chi connectivity index (χ1n) is 3.86. The Morgan fingerprint density at radius 3 is 2.29 bits per heavy atom. The van der Waals surface area contributed by atoms with Crippen molar-refractivity contribution in [3.8, 4) is 5.75 Å². The van der Waals surface area contributed by atoms with Gasteiger partial charge in [0.1, 0.15) is 5.75 Å². The standard InChI is InChI=1S/C9H9F3O2/c1-5-2-3-6(7(13)4-5)8(14)9(10,11)12/h2-4,8,13-14H,1H3. The van der Waals surface area contributed by atoms with E-state index in [0.717, 1.165) is 6.07 Å². The molecule has 1 unspecified atom stereocenters. The quantitative estimate of drug-likeness (QED) is 0.740. The molecular weight excluding hydrogens is 197 g/mol. The lowest BCUT2D eigenvalue weighted by Gasteiger charge is -2.16. The average Bonchev–Trinajstić information content (AvgIpc) is 2.01. The van der Waals surface area contributed by atoms with Gasteiger partial charge in [0.25, 0.3) is 0 Å². The topological polar surface area (TPSA) is 40.5 Å². The monoisotopic (exact) mass is 206 g/mol. The van der Waals surface area contributed by atoms with Gasteiger partial charge in [0, 0.05) is 5.56 Å². The number of rotatable bonds is 1. The normalized spacial score (nSPS) is 14.1. The molecular formula is C9H9F3O2. The first-order chi connectivity index (χ1) is 6.32. The first kappa shape index (κ1) is 10.8. The molecule has 78 valence electrons. The van der Waals surface area contributed by atoms with Gasteiger partial charge in [0.15, 0.2) is 6.10 Å². The summed E-state index contributed by atoms with van der Waals surface area (Å²) < 4.78 is 36.2. The number of hydrogen-bond donors (Lipinski definition) is 2. The van der Waals surface area contributed by atoms with Crippen LogP contribution in [0.25, 0.3) is 0 Å². The molecule has 1 rings (SSSR count). The van der Waals surface area contributed by atoms with Crippen LogP contribution in [0.2, 0.25) is 0 Å². The number of alkyl halides is 3. The molecule has 1 atom stereocenters. The summed E-state index contributed by atoms with van der Waals surface area (Å²) in [7, 11) is 0. The van der Waals surface area contributed by atoms with Crippen LogP contribution in [-0.4, -0.2) is 16.4 Å². The third-order valence-electron chi connectivity index (χ3n) is 1.79. The molecule has 0 amide bonds. The maximum atomic E-state index is 12.1. The molecule has 1 aromatic carbocycles. The van der Waals surface area contributed by atoms with Gasteiger partial charge in [-0.3, -0.25) is 0 Å². The number of aryl methyl sites for hydroxylation is 1. The van der Waals surface area contributed by atoms with Gasteiger partial charge in [-0.15, -0.1) is 0 Å². The van der Waals surface area contributed by atoms with E-state index in [4.69, 9.17) is 10.2 Å². The van der Waals surface area contributed by atoms with Crippen molar-refractivity contribution in [1.29, 1.82) is 0 Å². The third-order valence-corrected chi connectivity index (χ3v) is 1.79. The van der Waals surface area contributed by atoms with Gasteiger partial charge >= 0.3 is 6.18 Å². The van der Waals surface area contributed by atoms with Gasteiger partial charge in [-0.25, -0.2) is 0 Å². The number of aromatic hydroxyl groups is 1. The SMILES string of the molecule is Cc1ccc(C(O)C(F)(F)F)c(O)c1. The average molecular weight is 206 g/mol. The first-order valence-corrected chi connectivity index (χ1v) is 3.86. The highest BCUT2D eigenvalue weighted by Crippen LogP contribution is 2.36. The molecule has 0 aliphatic heterocycles. The minimum absolute atomic E-state index is 0.525. The van der Waals surface area contributed by atoms with Crippen LogP contribution in [0.15, 0.2) is 18.2 Å². The summed E-state index contributed by atoms with van der Waals surface area (Å²) in [5.41, 5.74) is 0.101. The minimum atomic E-state index is -4.76. The van der Waals surface area contributed by atoms with E-state index in [0.29, 0.717) is 5.56 Å². The molecule has 0 saturated carbocycles. The van der Waals surface area contributed by atoms with E-state index in [1.807, 2.05) is 0 Å². The van der Waals surface area contributed by atoms with E-state index in [9.17, 15) is 13.2 Å². The highest BCUT2D eigenvalue weighted by molar-refractivity contribution is 5.37. The summed E-state index contributed by atoms with van der Waals surface area (Å²) in [6.07, 6.45) is -7.39. The number of halogens is 3. The number of aliphatic hydroxyl groups is 1. The van der Waals surface area contributed by atoms with Gasteiger partial charge in [0.2, 0.25) is 0 Å². The summed E-state index contributed by atoms with van der Waals surface area (Å²) in [5.74, 6) is -0.546. The number of aliphatic hydroxyl groups excluding tert-OH is 1. The maximum absolute atomic E-state index is 12.1. The Morgan fingerprint density at radius 2 is 1.86 bits per heavy atom. The Labute approximate surface area is 78.6 Å². The third kappa shape index (κ3) is 2.17. The summed E-state index contributed by atoms with van der Waals surface area (Å²) in [5, 5.41) is 18.0. The van der Waals surface area contributed by atoms with Crippen molar-refractivity contribution < 1.29 is 23.4 Å². The second-order valence-corrected chi connectivity index (χ2v) is 3.01. The van der Waals surface area contributed by atoms with Crippen molar-refractivity contribution >= 4 is 0 Å². The number of benzene rings is 1. The van der Waals surface area contributed by atoms with Crippen LogP contribution in [0.5, 0.6) is 5.75 Å². The minimum Gasteiger partial charge on any atom is -0.508 e. The molecule has 0 aromatic heterocycles. The second kappa shape index (κ2) is 3.49. The summed E-state index contributed by atoms with van der Waals surface area (Å²) in [6.45, 7) is 1.63.